The van der Waals surface area contributed by atoms with Crippen molar-refractivity contribution in [2.45, 2.75) is 5.88 Å². The number of rotatable bonds is 2. The van der Waals surface area contributed by atoms with E-state index in [2.05, 4.69) is 21.0 Å². The highest BCUT2D eigenvalue weighted by Gasteiger charge is 2.09. The molecule has 0 saturated heterocycles. The Balaban J connectivity index is 2.60. The lowest BCUT2D eigenvalue weighted by molar-refractivity contribution is 0.871. The Bertz CT molecular complexity index is 482. The van der Waals surface area contributed by atoms with Crippen LogP contribution in [-0.4, -0.2) is 9.78 Å². The second-order valence-corrected chi connectivity index (χ2v) is 4.57. The van der Waals surface area contributed by atoms with Crippen molar-refractivity contribution in [1.29, 1.82) is 0 Å². The maximum Gasteiger partial charge on any atom is 0.0876 e. The Kier molecular flexibility index (Phi) is 3.34. The van der Waals surface area contributed by atoms with Crippen LogP contribution in [0.25, 0.3) is 5.69 Å². The summed E-state index contributed by atoms with van der Waals surface area (Å²) in [4.78, 5) is 0. The average molecular weight is 306 g/mol. The van der Waals surface area contributed by atoms with E-state index in [1.165, 1.54) is 0 Å². The molecule has 1 heterocycles. The molecule has 2 nitrogen and oxygen atoms in total. The molecule has 0 aliphatic carbocycles. The average Bonchev–Trinajstić information content (AvgIpc) is 2.64. The molecule has 0 radical (unpaired) electrons. The van der Waals surface area contributed by atoms with Gasteiger partial charge >= 0.3 is 0 Å². The zero-order chi connectivity index (χ0) is 10.8. The molecule has 0 unspecified atom stereocenters. The van der Waals surface area contributed by atoms with Gasteiger partial charge < -0.3 is 0 Å². The number of benzene rings is 1. The lowest BCUT2D eigenvalue weighted by Gasteiger charge is -2.08. The Morgan fingerprint density at radius 3 is 2.80 bits per heavy atom. The van der Waals surface area contributed by atoms with Crippen molar-refractivity contribution >= 4 is 39.1 Å². The molecule has 0 N–H and O–H groups in total. The lowest BCUT2D eigenvalue weighted by atomic mass is 10.2. The molecule has 5 heteroatoms. The van der Waals surface area contributed by atoms with Crippen molar-refractivity contribution in [3.8, 4) is 5.69 Å². The van der Waals surface area contributed by atoms with E-state index in [4.69, 9.17) is 23.2 Å². The van der Waals surface area contributed by atoms with Crippen molar-refractivity contribution in [3.63, 3.8) is 0 Å². The number of hydrogen-bond donors (Lipinski definition) is 0. The third-order valence-corrected chi connectivity index (χ3v) is 3.00. The molecule has 0 aliphatic rings. The van der Waals surface area contributed by atoms with Crippen LogP contribution < -0.4 is 0 Å². The summed E-state index contributed by atoms with van der Waals surface area (Å²) in [5, 5.41) is 4.82. The van der Waals surface area contributed by atoms with Gasteiger partial charge in [0.2, 0.25) is 0 Å². The van der Waals surface area contributed by atoms with E-state index in [1.807, 2.05) is 24.4 Å². The summed E-state index contributed by atoms with van der Waals surface area (Å²) in [6.45, 7) is 0. The van der Waals surface area contributed by atoms with Gasteiger partial charge in [-0.25, -0.2) is 4.68 Å². The molecule has 78 valence electrons. The van der Waals surface area contributed by atoms with Crippen LogP contribution in [0, 0.1) is 0 Å². The van der Waals surface area contributed by atoms with Gasteiger partial charge in [0.25, 0.3) is 0 Å². The van der Waals surface area contributed by atoms with Crippen LogP contribution in [0.3, 0.4) is 0 Å². The first-order valence-electron chi connectivity index (χ1n) is 4.26. The van der Waals surface area contributed by atoms with Crippen LogP contribution in [0.1, 0.15) is 5.56 Å². The summed E-state index contributed by atoms with van der Waals surface area (Å²) in [5.74, 6) is 0.410. The molecular weight excluding hydrogens is 299 g/mol. The van der Waals surface area contributed by atoms with Crippen LogP contribution in [0.15, 0.2) is 35.1 Å². The first-order valence-corrected chi connectivity index (χ1v) is 5.97. The smallest absolute Gasteiger partial charge is 0.0876 e. The van der Waals surface area contributed by atoms with Gasteiger partial charge in [0, 0.05) is 12.1 Å². The summed E-state index contributed by atoms with van der Waals surface area (Å²) >= 11 is 15.3. The van der Waals surface area contributed by atoms with E-state index in [9.17, 15) is 0 Å². The van der Waals surface area contributed by atoms with Gasteiger partial charge in [-0.05, 0) is 27.6 Å². The fourth-order valence-corrected chi connectivity index (χ4v) is 2.13. The second-order valence-electron chi connectivity index (χ2n) is 2.98. The predicted octanol–water partition coefficient (Wildman–Crippen LogP) is 4.03. The highest BCUT2D eigenvalue weighted by Crippen LogP contribution is 2.26. The van der Waals surface area contributed by atoms with Gasteiger partial charge in [-0.3, -0.25) is 0 Å². The first-order chi connectivity index (χ1) is 7.22. The van der Waals surface area contributed by atoms with E-state index in [1.54, 1.807) is 10.9 Å². The van der Waals surface area contributed by atoms with E-state index in [0.29, 0.717) is 10.9 Å². The van der Waals surface area contributed by atoms with Crippen LogP contribution in [0.5, 0.6) is 0 Å². The van der Waals surface area contributed by atoms with E-state index < -0.39 is 0 Å². The minimum atomic E-state index is 0.410. The molecule has 0 saturated carbocycles. The largest absolute Gasteiger partial charge is 0.238 e. The van der Waals surface area contributed by atoms with Crippen LogP contribution in [0.2, 0.25) is 5.02 Å². The fourth-order valence-electron chi connectivity index (χ4n) is 1.35. The van der Waals surface area contributed by atoms with E-state index in [0.717, 1.165) is 15.7 Å². The molecule has 0 bridgehead atoms. The number of alkyl halides is 1. The number of nitrogens with zero attached hydrogens (tertiary/aromatic N) is 2. The van der Waals surface area contributed by atoms with Gasteiger partial charge in [0.15, 0.2) is 0 Å². The summed E-state index contributed by atoms with van der Waals surface area (Å²) in [7, 11) is 0. The van der Waals surface area contributed by atoms with Crippen molar-refractivity contribution in [1.82, 2.24) is 9.78 Å². The third kappa shape index (κ3) is 2.19. The van der Waals surface area contributed by atoms with Gasteiger partial charge in [0.05, 0.1) is 21.4 Å². The van der Waals surface area contributed by atoms with E-state index >= 15 is 0 Å². The number of aromatic nitrogens is 2. The Morgan fingerprint density at radius 2 is 2.20 bits per heavy atom. The van der Waals surface area contributed by atoms with Crippen LogP contribution in [-0.2, 0) is 5.88 Å². The highest BCUT2D eigenvalue weighted by atomic mass is 79.9. The molecular formula is C10H7BrCl2N2. The normalized spacial score (nSPS) is 10.6. The number of para-hydroxylation sites is 1. The maximum atomic E-state index is 6.12. The fraction of sp³-hybridized carbons (Fsp3) is 0.100. The zero-order valence-corrected chi connectivity index (χ0v) is 10.7. The van der Waals surface area contributed by atoms with Crippen molar-refractivity contribution in [3.05, 3.63) is 45.7 Å². The highest BCUT2D eigenvalue weighted by molar-refractivity contribution is 9.10. The zero-order valence-electron chi connectivity index (χ0n) is 7.62. The van der Waals surface area contributed by atoms with Gasteiger partial charge in [-0.2, -0.15) is 5.10 Å². The molecule has 2 aromatic rings. The Hall–Kier alpha value is -0.510. The monoisotopic (exact) mass is 304 g/mol. The molecule has 2 rings (SSSR count). The standard InChI is InChI=1S/C10H7BrCl2N2/c11-8-5-14-15(6-8)10-7(4-12)2-1-3-9(10)13/h1-3,5-6H,4H2. The first kappa shape index (κ1) is 11.0. The SMILES string of the molecule is ClCc1cccc(Cl)c1-n1cc(Br)cn1. The summed E-state index contributed by atoms with van der Waals surface area (Å²) in [6, 6.07) is 5.63. The molecule has 1 aromatic carbocycles. The number of halogens is 3. The molecule has 0 aliphatic heterocycles. The maximum absolute atomic E-state index is 6.12. The topological polar surface area (TPSA) is 17.8 Å². The summed E-state index contributed by atoms with van der Waals surface area (Å²) < 4.78 is 2.62. The molecule has 0 atom stereocenters. The molecule has 0 fully saturated rings. The Morgan fingerprint density at radius 1 is 1.40 bits per heavy atom. The summed E-state index contributed by atoms with van der Waals surface area (Å²) in [6.07, 6.45) is 3.55. The molecule has 15 heavy (non-hydrogen) atoms. The molecule has 1 aromatic heterocycles. The number of hydrogen-bond acceptors (Lipinski definition) is 1. The van der Waals surface area contributed by atoms with Gasteiger partial charge in [0.1, 0.15) is 0 Å². The minimum absolute atomic E-state index is 0.410. The minimum Gasteiger partial charge on any atom is -0.238 e. The van der Waals surface area contributed by atoms with Crippen LogP contribution in [0.4, 0.5) is 0 Å². The van der Waals surface area contributed by atoms with Crippen molar-refractivity contribution in [2.75, 3.05) is 0 Å². The molecule has 0 spiro atoms. The molecule has 0 amide bonds. The lowest BCUT2D eigenvalue weighted by Crippen LogP contribution is -1.99. The third-order valence-electron chi connectivity index (χ3n) is 1.99. The van der Waals surface area contributed by atoms with Crippen molar-refractivity contribution in [2.24, 2.45) is 0 Å². The summed E-state index contributed by atoms with van der Waals surface area (Å²) in [5.41, 5.74) is 1.79. The van der Waals surface area contributed by atoms with Gasteiger partial charge in [-0.1, -0.05) is 23.7 Å². The van der Waals surface area contributed by atoms with E-state index in [-0.39, 0.29) is 0 Å². The van der Waals surface area contributed by atoms with Crippen molar-refractivity contribution < 1.29 is 0 Å². The second kappa shape index (κ2) is 4.56. The van der Waals surface area contributed by atoms with Gasteiger partial charge in [-0.15, -0.1) is 11.6 Å². The predicted molar refractivity (Wildman–Crippen MR) is 65.8 cm³/mol. The quantitative estimate of drug-likeness (QED) is 0.766. The Labute approximate surface area is 106 Å². The van der Waals surface area contributed by atoms with Crippen LogP contribution >= 0.6 is 39.1 Å².